The van der Waals surface area contributed by atoms with E-state index in [0.29, 0.717) is 6.54 Å². The van der Waals surface area contributed by atoms with Crippen LogP contribution in [0, 0.1) is 17.1 Å². The van der Waals surface area contributed by atoms with E-state index >= 15 is 0 Å². The summed E-state index contributed by atoms with van der Waals surface area (Å²) in [5, 5.41) is 8.81. The van der Waals surface area contributed by atoms with Crippen LogP contribution >= 0.6 is 0 Å². The topological polar surface area (TPSA) is 44.9 Å². The van der Waals surface area contributed by atoms with Crippen LogP contribution in [-0.2, 0) is 13.1 Å². The van der Waals surface area contributed by atoms with E-state index in [1.165, 1.54) is 6.07 Å². The zero-order valence-corrected chi connectivity index (χ0v) is 11.5. The molecule has 0 amide bonds. The minimum absolute atomic E-state index is 0.106. The van der Waals surface area contributed by atoms with Crippen molar-refractivity contribution in [2.75, 3.05) is 13.6 Å². The van der Waals surface area contributed by atoms with Crippen LogP contribution in [0.4, 0.5) is 4.39 Å². The quantitative estimate of drug-likeness (QED) is 0.811. The number of benzene rings is 1. The Hall–Kier alpha value is -2.19. The van der Waals surface area contributed by atoms with Crippen molar-refractivity contribution in [2.45, 2.75) is 19.5 Å². The van der Waals surface area contributed by atoms with Crippen LogP contribution in [0.3, 0.4) is 0 Å². The summed E-state index contributed by atoms with van der Waals surface area (Å²) >= 11 is 0. The Morgan fingerprint density at radius 3 is 3.00 bits per heavy atom. The molecule has 1 aromatic carbocycles. The van der Waals surface area contributed by atoms with Gasteiger partial charge in [0.05, 0.1) is 11.9 Å². The lowest BCUT2D eigenvalue weighted by atomic mass is 10.1. The third-order valence-electron chi connectivity index (χ3n) is 3.12. The molecule has 0 aliphatic carbocycles. The summed E-state index contributed by atoms with van der Waals surface area (Å²) in [6.07, 6.45) is 6.53. The highest BCUT2D eigenvalue weighted by Gasteiger charge is 2.05. The second-order valence-corrected chi connectivity index (χ2v) is 4.82. The molecule has 4 nitrogen and oxygen atoms in total. The molecule has 0 N–H and O–H groups in total. The van der Waals surface area contributed by atoms with Crippen LogP contribution in [0.15, 0.2) is 36.9 Å². The monoisotopic (exact) mass is 272 g/mol. The molecule has 0 radical (unpaired) electrons. The van der Waals surface area contributed by atoms with E-state index in [4.69, 9.17) is 5.26 Å². The van der Waals surface area contributed by atoms with Crippen LogP contribution in [0.1, 0.15) is 17.5 Å². The standard InChI is InChI=1S/C15H17FN4/c1-19(6-2-7-20-8-5-18-12-20)11-13-3-4-15(16)14(9-13)10-17/h3-5,8-9,12H,2,6-7,11H2,1H3. The zero-order chi connectivity index (χ0) is 14.4. The highest BCUT2D eigenvalue weighted by atomic mass is 19.1. The van der Waals surface area contributed by atoms with Crippen molar-refractivity contribution in [3.8, 4) is 6.07 Å². The fourth-order valence-corrected chi connectivity index (χ4v) is 2.09. The van der Waals surface area contributed by atoms with Gasteiger partial charge in [0.15, 0.2) is 0 Å². The number of aryl methyl sites for hydroxylation is 1. The Kier molecular flexibility index (Phi) is 4.85. The molecule has 0 atom stereocenters. The van der Waals surface area contributed by atoms with E-state index in [1.54, 1.807) is 24.7 Å². The Morgan fingerprint density at radius 2 is 2.30 bits per heavy atom. The van der Waals surface area contributed by atoms with Crippen molar-refractivity contribution in [1.29, 1.82) is 5.26 Å². The Balaban J connectivity index is 1.82. The molecule has 2 rings (SSSR count). The largest absolute Gasteiger partial charge is 0.337 e. The van der Waals surface area contributed by atoms with E-state index in [9.17, 15) is 4.39 Å². The van der Waals surface area contributed by atoms with Crippen LogP contribution in [0.2, 0.25) is 0 Å². The predicted molar refractivity (Wildman–Crippen MR) is 74.3 cm³/mol. The molecule has 0 aliphatic heterocycles. The fraction of sp³-hybridized carbons (Fsp3) is 0.333. The fourth-order valence-electron chi connectivity index (χ4n) is 2.09. The number of halogens is 1. The van der Waals surface area contributed by atoms with E-state index in [-0.39, 0.29) is 5.56 Å². The number of nitriles is 1. The first-order valence-corrected chi connectivity index (χ1v) is 6.52. The second-order valence-electron chi connectivity index (χ2n) is 4.82. The molecule has 0 spiro atoms. The minimum atomic E-state index is -0.459. The van der Waals surface area contributed by atoms with Gasteiger partial charge in [-0.25, -0.2) is 9.37 Å². The molecule has 0 fully saturated rings. The van der Waals surface area contributed by atoms with Crippen LogP contribution < -0.4 is 0 Å². The van der Waals surface area contributed by atoms with Crippen LogP contribution in [0.25, 0.3) is 0 Å². The van der Waals surface area contributed by atoms with Crippen LogP contribution in [-0.4, -0.2) is 28.0 Å². The maximum atomic E-state index is 13.2. The van der Waals surface area contributed by atoms with E-state index < -0.39 is 5.82 Å². The van der Waals surface area contributed by atoms with Crippen molar-refractivity contribution in [1.82, 2.24) is 14.5 Å². The molecule has 0 saturated carbocycles. The van der Waals surface area contributed by atoms with Gasteiger partial charge < -0.3 is 9.47 Å². The summed E-state index contributed by atoms with van der Waals surface area (Å²) in [6, 6.07) is 6.56. The lowest BCUT2D eigenvalue weighted by Crippen LogP contribution is -2.20. The molecule has 0 aliphatic rings. The maximum Gasteiger partial charge on any atom is 0.140 e. The molecule has 1 heterocycles. The average Bonchev–Trinajstić information content (AvgIpc) is 2.94. The summed E-state index contributed by atoms with van der Waals surface area (Å²) in [4.78, 5) is 6.16. The van der Waals surface area contributed by atoms with Gasteiger partial charge in [-0.2, -0.15) is 5.26 Å². The Morgan fingerprint density at radius 1 is 1.45 bits per heavy atom. The third-order valence-corrected chi connectivity index (χ3v) is 3.12. The molecule has 20 heavy (non-hydrogen) atoms. The van der Waals surface area contributed by atoms with Gasteiger partial charge in [-0.3, -0.25) is 0 Å². The first-order chi connectivity index (χ1) is 9.69. The van der Waals surface area contributed by atoms with Crippen molar-refractivity contribution < 1.29 is 4.39 Å². The molecule has 0 unspecified atom stereocenters. The molecule has 0 bridgehead atoms. The van der Waals surface area contributed by atoms with Gasteiger partial charge in [-0.05, 0) is 37.7 Å². The van der Waals surface area contributed by atoms with Gasteiger partial charge in [-0.15, -0.1) is 0 Å². The normalized spacial score (nSPS) is 10.7. The van der Waals surface area contributed by atoms with E-state index in [2.05, 4.69) is 9.88 Å². The summed E-state index contributed by atoms with van der Waals surface area (Å²) < 4.78 is 15.3. The molecular formula is C15H17FN4. The number of aromatic nitrogens is 2. The SMILES string of the molecule is CN(CCCn1ccnc1)Cc1ccc(F)c(C#N)c1. The maximum absolute atomic E-state index is 13.2. The van der Waals surface area contributed by atoms with Crippen molar-refractivity contribution >= 4 is 0 Å². The molecule has 1 aromatic heterocycles. The summed E-state index contributed by atoms with van der Waals surface area (Å²) in [5.74, 6) is -0.459. The van der Waals surface area contributed by atoms with Gasteiger partial charge in [0.1, 0.15) is 11.9 Å². The number of hydrogen-bond donors (Lipinski definition) is 0. The van der Waals surface area contributed by atoms with Crippen molar-refractivity contribution in [2.24, 2.45) is 0 Å². The Bertz CT molecular complexity index is 586. The molecular weight excluding hydrogens is 255 g/mol. The van der Waals surface area contributed by atoms with Gasteiger partial charge in [0, 0.05) is 25.5 Å². The van der Waals surface area contributed by atoms with Crippen LogP contribution in [0.5, 0.6) is 0 Å². The van der Waals surface area contributed by atoms with Gasteiger partial charge in [0.25, 0.3) is 0 Å². The lowest BCUT2D eigenvalue weighted by molar-refractivity contribution is 0.314. The van der Waals surface area contributed by atoms with Gasteiger partial charge >= 0.3 is 0 Å². The molecule has 0 saturated heterocycles. The smallest absolute Gasteiger partial charge is 0.140 e. The summed E-state index contributed by atoms with van der Waals surface area (Å²) in [5.41, 5.74) is 1.06. The zero-order valence-electron chi connectivity index (χ0n) is 11.5. The Labute approximate surface area is 118 Å². The number of nitrogens with zero attached hydrogens (tertiary/aromatic N) is 4. The highest BCUT2D eigenvalue weighted by molar-refractivity contribution is 5.34. The van der Waals surface area contributed by atoms with E-state index in [1.807, 2.05) is 23.9 Å². The van der Waals surface area contributed by atoms with E-state index in [0.717, 1.165) is 25.1 Å². The van der Waals surface area contributed by atoms with Gasteiger partial charge in [0.2, 0.25) is 0 Å². The average molecular weight is 272 g/mol. The van der Waals surface area contributed by atoms with Crippen molar-refractivity contribution in [3.63, 3.8) is 0 Å². The highest BCUT2D eigenvalue weighted by Crippen LogP contribution is 2.11. The molecule has 5 heteroatoms. The molecule has 2 aromatic rings. The predicted octanol–water partition coefficient (Wildman–Crippen LogP) is 2.42. The molecule has 104 valence electrons. The lowest BCUT2D eigenvalue weighted by Gasteiger charge is -2.17. The summed E-state index contributed by atoms with van der Waals surface area (Å²) in [6.45, 7) is 2.56. The summed E-state index contributed by atoms with van der Waals surface area (Å²) in [7, 11) is 2.02. The van der Waals surface area contributed by atoms with Crippen molar-refractivity contribution in [3.05, 3.63) is 53.9 Å². The number of imidazole rings is 1. The first-order valence-electron chi connectivity index (χ1n) is 6.52. The number of rotatable bonds is 6. The number of hydrogen-bond acceptors (Lipinski definition) is 3. The minimum Gasteiger partial charge on any atom is -0.337 e. The van der Waals surface area contributed by atoms with Gasteiger partial charge in [-0.1, -0.05) is 6.07 Å². The third kappa shape index (κ3) is 3.90. The second kappa shape index (κ2) is 6.83. The first kappa shape index (κ1) is 14.2.